The Morgan fingerprint density at radius 3 is 2.61 bits per heavy atom. The van der Waals surface area contributed by atoms with E-state index in [0.29, 0.717) is 29.6 Å². The van der Waals surface area contributed by atoms with Gasteiger partial charge in [0.05, 0.1) is 11.2 Å². The number of fused-ring (bicyclic) bond motifs is 1. The van der Waals surface area contributed by atoms with Gasteiger partial charge in [0.15, 0.2) is 0 Å². The van der Waals surface area contributed by atoms with E-state index in [9.17, 15) is 14.4 Å². The van der Waals surface area contributed by atoms with Crippen molar-refractivity contribution in [3.8, 4) is 0 Å². The summed E-state index contributed by atoms with van der Waals surface area (Å²) in [4.78, 5) is 36.8. The molecule has 1 aromatic heterocycles. The maximum absolute atomic E-state index is 12.4. The van der Waals surface area contributed by atoms with Crippen LogP contribution in [0.1, 0.15) is 12.8 Å². The Kier molecular flexibility index (Phi) is 3.65. The average molecular weight is 315 g/mol. The number of hydrogen-bond donors (Lipinski definition) is 3. The van der Waals surface area contributed by atoms with Gasteiger partial charge < -0.3 is 21.7 Å². The molecule has 1 atom stereocenters. The number of nitrogens with one attached hydrogen (secondary N) is 1. The topological polar surface area (TPSA) is 123 Å². The van der Waals surface area contributed by atoms with Crippen LogP contribution in [0.25, 0.3) is 10.9 Å². The number of carbonyl (C=O) groups excluding carboxylic acids is 3. The normalized spacial score (nSPS) is 17.4. The van der Waals surface area contributed by atoms with Crippen LogP contribution in [0.2, 0.25) is 0 Å². The van der Waals surface area contributed by atoms with E-state index in [0.717, 1.165) is 6.42 Å². The van der Waals surface area contributed by atoms with Gasteiger partial charge in [-0.15, -0.1) is 0 Å². The number of hydrogen-bond acceptors (Lipinski definition) is 3. The molecule has 1 fully saturated rings. The van der Waals surface area contributed by atoms with Crippen LogP contribution in [-0.2, 0) is 4.79 Å². The molecule has 1 saturated heterocycles. The molecule has 0 spiro atoms. The van der Waals surface area contributed by atoms with E-state index in [1.54, 1.807) is 24.3 Å². The van der Waals surface area contributed by atoms with Crippen molar-refractivity contribution in [2.24, 2.45) is 11.5 Å². The fourth-order valence-electron chi connectivity index (χ4n) is 2.95. The largest absolute Gasteiger partial charge is 0.368 e. The summed E-state index contributed by atoms with van der Waals surface area (Å²) in [5.41, 5.74) is 11.7. The van der Waals surface area contributed by atoms with Crippen molar-refractivity contribution in [3.63, 3.8) is 0 Å². The molecule has 2 heterocycles. The van der Waals surface area contributed by atoms with Gasteiger partial charge in [0.1, 0.15) is 6.04 Å². The Morgan fingerprint density at radius 1 is 1.17 bits per heavy atom. The first-order chi connectivity index (χ1) is 11.0. The number of amides is 4. The second-order valence-electron chi connectivity index (χ2n) is 5.45. The average Bonchev–Trinajstić information content (AvgIpc) is 3.12. The second-order valence-corrected chi connectivity index (χ2v) is 5.45. The van der Waals surface area contributed by atoms with Crippen LogP contribution in [0.3, 0.4) is 0 Å². The Balaban J connectivity index is 1.91. The third-order valence-electron chi connectivity index (χ3n) is 4.03. The van der Waals surface area contributed by atoms with Gasteiger partial charge >= 0.3 is 12.1 Å². The van der Waals surface area contributed by atoms with E-state index in [2.05, 4.69) is 5.32 Å². The van der Waals surface area contributed by atoms with Crippen molar-refractivity contribution in [1.82, 2.24) is 9.47 Å². The summed E-state index contributed by atoms with van der Waals surface area (Å²) < 4.78 is 1.26. The van der Waals surface area contributed by atoms with Gasteiger partial charge in [-0.25, -0.2) is 9.59 Å². The van der Waals surface area contributed by atoms with Gasteiger partial charge in [-0.05, 0) is 18.9 Å². The highest BCUT2D eigenvalue weighted by Gasteiger charge is 2.33. The first-order valence-electron chi connectivity index (χ1n) is 7.26. The summed E-state index contributed by atoms with van der Waals surface area (Å²) in [5, 5.41) is 3.43. The molecule has 0 aliphatic carbocycles. The van der Waals surface area contributed by atoms with E-state index < -0.39 is 24.0 Å². The number of para-hydroxylation sites is 1. The predicted molar refractivity (Wildman–Crippen MR) is 84.9 cm³/mol. The Bertz CT molecular complexity index is 798. The number of benzene rings is 1. The van der Waals surface area contributed by atoms with E-state index in [1.165, 1.54) is 15.7 Å². The Morgan fingerprint density at radius 2 is 1.91 bits per heavy atom. The number of anilines is 1. The third-order valence-corrected chi connectivity index (χ3v) is 4.03. The first kappa shape index (κ1) is 14.9. The van der Waals surface area contributed by atoms with Gasteiger partial charge in [-0.2, -0.15) is 0 Å². The van der Waals surface area contributed by atoms with Gasteiger partial charge in [-0.1, -0.05) is 18.2 Å². The zero-order valence-electron chi connectivity index (χ0n) is 12.4. The number of rotatable bonds is 2. The van der Waals surface area contributed by atoms with Crippen LogP contribution >= 0.6 is 0 Å². The minimum atomic E-state index is -0.641. The number of nitrogens with two attached hydrogens (primary N) is 2. The van der Waals surface area contributed by atoms with Crippen LogP contribution in [0.5, 0.6) is 0 Å². The van der Waals surface area contributed by atoms with Crippen molar-refractivity contribution >= 4 is 34.6 Å². The molecule has 23 heavy (non-hydrogen) atoms. The molecule has 4 amide bonds. The smallest absolute Gasteiger partial charge is 0.323 e. The zero-order valence-corrected chi connectivity index (χ0v) is 12.4. The molecule has 2 aromatic rings. The summed E-state index contributed by atoms with van der Waals surface area (Å²) in [6, 6.07) is 5.43. The van der Waals surface area contributed by atoms with E-state index in [-0.39, 0.29) is 0 Å². The van der Waals surface area contributed by atoms with Crippen molar-refractivity contribution in [1.29, 1.82) is 0 Å². The molecule has 0 unspecified atom stereocenters. The molecular formula is C15H17N5O3. The minimum Gasteiger partial charge on any atom is -0.368 e. The maximum Gasteiger partial charge on any atom is 0.323 e. The highest BCUT2D eigenvalue weighted by molar-refractivity contribution is 6.05. The van der Waals surface area contributed by atoms with Gasteiger partial charge in [0.2, 0.25) is 5.91 Å². The van der Waals surface area contributed by atoms with Crippen molar-refractivity contribution < 1.29 is 14.4 Å². The summed E-state index contributed by atoms with van der Waals surface area (Å²) >= 11 is 0. The lowest BCUT2D eigenvalue weighted by molar-refractivity contribution is -0.121. The van der Waals surface area contributed by atoms with Gasteiger partial charge in [0.25, 0.3) is 0 Å². The van der Waals surface area contributed by atoms with E-state index in [4.69, 9.17) is 11.5 Å². The molecule has 8 heteroatoms. The standard InChI is InChI=1S/C15H17N5O3/c16-13(21)12-6-3-7-19(12)15(23)18-10-8-20(14(17)22)11-5-2-1-4-9(10)11/h1-2,4-5,8,12H,3,6-7H2,(H2,16,21)(H2,17,22)(H,18,23)/t12-/m0/s1. The fraction of sp³-hybridized carbons (Fsp3) is 0.267. The minimum absolute atomic E-state index is 0.418. The number of aromatic nitrogens is 1. The highest BCUT2D eigenvalue weighted by Crippen LogP contribution is 2.27. The molecular weight excluding hydrogens is 298 g/mol. The van der Waals surface area contributed by atoms with Crippen LogP contribution < -0.4 is 16.8 Å². The van der Waals surface area contributed by atoms with E-state index in [1.807, 2.05) is 0 Å². The maximum atomic E-state index is 12.4. The van der Waals surface area contributed by atoms with Crippen LogP contribution in [0.4, 0.5) is 15.3 Å². The number of likely N-dealkylation sites (tertiary alicyclic amines) is 1. The number of nitrogens with zero attached hydrogens (tertiary/aromatic N) is 2. The zero-order chi connectivity index (χ0) is 16.6. The molecule has 8 nitrogen and oxygen atoms in total. The lowest BCUT2D eigenvalue weighted by Gasteiger charge is -2.22. The molecule has 1 aliphatic rings. The van der Waals surface area contributed by atoms with Gasteiger partial charge in [-0.3, -0.25) is 9.36 Å². The quantitative estimate of drug-likeness (QED) is 0.767. The number of urea groups is 1. The molecule has 120 valence electrons. The van der Waals surface area contributed by atoms with Crippen molar-refractivity contribution in [2.75, 3.05) is 11.9 Å². The molecule has 1 aromatic carbocycles. The van der Waals surface area contributed by atoms with Crippen LogP contribution in [0.15, 0.2) is 30.5 Å². The molecule has 5 N–H and O–H groups in total. The molecule has 0 bridgehead atoms. The second kappa shape index (κ2) is 5.64. The summed E-state index contributed by atoms with van der Waals surface area (Å²) in [7, 11) is 0. The number of primary amides is 2. The number of carbonyl (C=O) groups is 3. The Labute approximate surface area is 132 Å². The molecule has 0 radical (unpaired) electrons. The van der Waals surface area contributed by atoms with Crippen molar-refractivity contribution in [3.05, 3.63) is 30.5 Å². The summed E-state index contributed by atoms with van der Waals surface area (Å²) in [6.07, 6.45) is 2.76. The lowest BCUT2D eigenvalue weighted by atomic mass is 10.2. The molecule has 0 saturated carbocycles. The van der Waals surface area contributed by atoms with E-state index >= 15 is 0 Å². The summed E-state index contributed by atoms with van der Waals surface area (Å²) in [5.74, 6) is -0.516. The fourth-order valence-corrected chi connectivity index (χ4v) is 2.95. The lowest BCUT2D eigenvalue weighted by Crippen LogP contribution is -2.45. The van der Waals surface area contributed by atoms with Crippen LogP contribution in [-0.4, -0.2) is 40.0 Å². The predicted octanol–water partition coefficient (Wildman–Crippen LogP) is 1.05. The van der Waals surface area contributed by atoms with Crippen LogP contribution in [0, 0.1) is 0 Å². The highest BCUT2D eigenvalue weighted by atomic mass is 16.2. The van der Waals surface area contributed by atoms with Gasteiger partial charge in [0, 0.05) is 18.1 Å². The molecule has 1 aliphatic heterocycles. The first-order valence-corrected chi connectivity index (χ1v) is 7.26. The SMILES string of the molecule is NC(=O)[C@@H]1CCCN1C(=O)Nc1cn(C(N)=O)c2ccccc12. The Hall–Kier alpha value is -3.03. The monoisotopic (exact) mass is 315 g/mol. The molecule has 3 rings (SSSR count). The van der Waals surface area contributed by atoms with Crippen molar-refractivity contribution in [2.45, 2.75) is 18.9 Å². The summed E-state index contributed by atoms with van der Waals surface area (Å²) in [6.45, 7) is 0.466. The third kappa shape index (κ3) is 2.59.